The summed E-state index contributed by atoms with van der Waals surface area (Å²) in [5.41, 5.74) is 0.906. The number of carbonyl (C=O) groups is 2. The zero-order chi connectivity index (χ0) is 16.6. The highest BCUT2D eigenvalue weighted by molar-refractivity contribution is 5.97. The number of anilines is 1. The SMILES string of the molecule is CN(C)c1ccc(C(=O)N2CCc3occc3C2C(=O)O)cn1. The number of fused-ring (bicyclic) bond motifs is 1. The number of aliphatic carboxylic acids is 1. The molecule has 0 spiro atoms. The Morgan fingerprint density at radius 1 is 1.35 bits per heavy atom. The van der Waals surface area contributed by atoms with Crippen molar-refractivity contribution in [1.29, 1.82) is 0 Å². The van der Waals surface area contributed by atoms with Gasteiger partial charge in [0.15, 0.2) is 6.04 Å². The van der Waals surface area contributed by atoms with Crippen LogP contribution in [0.1, 0.15) is 27.7 Å². The molecule has 0 aliphatic carbocycles. The van der Waals surface area contributed by atoms with E-state index in [0.29, 0.717) is 29.9 Å². The van der Waals surface area contributed by atoms with Crippen LogP contribution in [0.3, 0.4) is 0 Å². The molecule has 1 N–H and O–H groups in total. The van der Waals surface area contributed by atoms with Crippen molar-refractivity contribution in [3.05, 3.63) is 47.5 Å². The van der Waals surface area contributed by atoms with Gasteiger partial charge >= 0.3 is 5.97 Å². The molecule has 1 amide bonds. The zero-order valence-electron chi connectivity index (χ0n) is 12.9. The van der Waals surface area contributed by atoms with Gasteiger partial charge in [0, 0.05) is 38.8 Å². The van der Waals surface area contributed by atoms with Crippen molar-refractivity contribution in [2.45, 2.75) is 12.5 Å². The zero-order valence-corrected chi connectivity index (χ0v) is 12.9. The van der Waals surface area contributed by atoms with E-state index in [1.165, 1.54) is 17.4 Å². The molecule has 0 saturated carbocycles. The minimum Gasteiger partial charge on any atom is -0.479 e. The highest BCUT2D eigenvalue weighted by atomic mass is 16.4. The number of carbonyl (C=O) groups excluding carboxylic acids is 1. The number of amides is 1. The first-order valence-corrected chi connectivity index (χ1v) is 7.22. The molecule has 7 nitrogen and oxygen atoms in total. The standard InChI is InChI=1S/C16H17N3O4/c1-18(2)13-4-3-10(9-17-13)15(20)19-7-5-12-11(6-8-23-12)14(19)16(21)22/h3-4,6,8-9,14H,5,7H2,1-2H3,(H,21,22). The minimum atomic E-state index is -1.07. The predicted octanol–water partition coefficient (Wildman–Crippen LogP) is 1.56. The Hall–Kier alpha value is -2.83. The first-order chi connectivity index (χ1) is 11.0. The van der Waals surface area contributed by atoms with Crippen LogP contribution < -0.4 is 4.90 Å². The number of hydrogen-bond acceptors (Lipinski definition) is 5. The first-order valence-electron chi connectivity index (χ1n) is 7.22. The molecule has 3 heterocycles. The Labute approximate surface area is 133 Å². The van der Waals surface area contributed by atoms with Gasteiger partial charge in [0.25, 0.3) is 5.91 Å². The van der Waals surface area contributed by atoms with Crippen LogP contribution in [0.4, 0.5) is 5.82 Å². The maximum atomic E-state index is 12.7. The molecule has 3 rings (SSSR count). The van der Waals surface area contributed by atoms with Gasteiger partial charge in [0.1, 0.15) is 11.6 Å². The molecule has 1 aliphatic heterocycles. The highest BCUT2D eigenvalue weighted by Crippen LogP contribution is 2.32. The van der Waals surface area contributed by atoms with Crippen LogP contribution in [0.15, 0.2) is 35.1 Å². The van der Waals surface area contributed by atoms with Gasteiger partial charge in [-0.3, -0.25) is 4.79 Å². The van der Waals surface area contributed by atoms with Gasteiger partial charge in [-0.05, 0) is 18.2 Å². The summed E-state index contributed by atoms with van der Waals surface area (Å²) in [7, 11) is 3.71. The van der Waals surface area contributed by atoms with Crippen molar-refractivity contribution >= 4 is 17.7 Å². The van der Waals surface area contributed by atoms with E-state index in [1.54, 1.807) is 18.2 Å². The van der Waals surface area contributed by atoms with E-state index < -0.39 is 12.0 Å². The smallest absolute Gasteiger partial charge is 0.331 e. The normalized spacial score (nSPS) is 16.8. The molecule has 0 radical (unpaired) electrons. The van der Waals surface area contributed by atoms with Crippen LogP contribution in [0.2, 0.25) is 0 Å². The number of nitrogens with zero attached hydrogens (tertiary/aromatic N) is 3. The summed E-state index contributed by atoms with van der Waals surface area (Å²) in [6.07, 6.45) is 3.44. The number of rotatable bonds is 3. The van der Waals surface area contributed by atoms with Gasteiger partial charge < -0.3 is 19.3 Å². The van der Waals surface area contributed by atoms with E-state index in [1.807, 2.05) is 19.0 Å². The molecule has 7 heteroatoms. The lowest BCUT2D eigenvalue weighted by molar-refractivity contribution is -0.143. The molecule has 23 heavy (non-hydrogen) atoms. The maximum absolute atomic E-state index is 12.7. The van der Waals surface area contributed by atoms with E-state index in [0.717, 1.165) is 5.82 Å². The summed E-state index contributed by atoms with van der Waals surface area (Å²) in [4.78, 5) is 31.7. The topological polar surface area (TPSA) is 86.9 Å². The van der Waals surface area contributed by atoms with Crippen LogP contribution >= 0.6 is 0 Å². The second kappa shape index (κ2) is 5.75. The van der Waals surface area contributed by atoms with Crippen molar-refractivity contribution in [3.63, 3.8) is 0 Å². The fourth-order valence-electron chi connectivity index (χ4n) is 2.74. The van der Waals surface area contributed by atoms with Crippen LogP contribution in [0.5, 0.6) is 0 Å². The largest absolute Gasteiger partial charge is 0.479 e. The molecule has 2 aromatic heterocycles. The molecule has 1 unspecified atom stereocenters. The fraction of sp³-hybridized carbons (Fsp3) is 0.312. The van der Waals surface area contributed by atoms with E-state index in [4.69, 9.17) is 4.42 Å². The Kier molecular flexibility index (Phi) is 3.77. The summed E-state index contributed by atoms with van der Waals surface area (Å²) in [6, 6.07) is 3.98. The van der Waals surface area contributed by atoms with Crippen molar-refractivity contribution in [1.82, 2.24) is 9.88 Å². The monoisotopic (exact) mass is 315 g/mol. The molecule has 0 saturated heterocycles. The van der Waals surface area contributed by atoms with Gasteiger partial charge in [-0.1, -0.05) is 0 Å². The van der Waals surface area contributed by atoms with Crippen LogP contribution in [-0.4, -0.2) is 47.5 Å². The maximum Gasteiger partial charge on any atom is 0.331 e. The van der Waals surface area contributed by atoms with Gasteiger partial charge in [0.2, 0.25) is 0 Å². The van der Waals surface area contributed by atoms with Gasteiger partial charge in [-0.25, -0.2) is 9.78 Å². The van der Waals surface area contributed by atoms with Crippen molar-refractivity contribution in [2.75, 3.05) is 25.5 Å². The van der Waals surface area contributed by atoms with E-state index >= 15 is 0 Å². The van der Waals surface area contributed by atoms with Crippen LogP contribution in [0, 0.1) is 0 Å². The third-order valence-corrected chi connectivity index (χ3v) is 3.91. The molecule has 1 aliphatic rings. The number of carboxylic acid groups (broad SMARTS) is 1. The molecular formula is C16H17N3O4. The highest BCUT2D eigenvalue weighted by Gasteiger charge is 2.37. The Balaban J connectivity index is 1.91. The second-order valence-electron chi connectivity index (χ2n) is 5.59. The number of hydrogen-bond donors (Lipinski definition) is 1. The average molecular weight is 315 g/mol. The molecule has 0 fully saturated rings. The summed E-state index contributed by atoms with van der Waals surface area (Å²) < 4.78 is 5.29. The summed E-state index contributed by atoms with van der Waals surface area (Å²) in [5.74, 6) is -0.0599. The quantitative estimate of drug-likeness (QED) is 0.925. The molecule has 0 aromatic carbocycles. The Morgan fingerprint density at radius 3 is 2.74 bits per heavy atom. The molecule has 1 atom stereocenters. The lowest BCUT2D eigenvalue weighted by Crippen LogP contribution is -2.43. The van der Waals surface area contributed by atoms with Crippen LogP contribution in [-0.2, 0) is 11.2 Å². The summed E-state index contributed by atoms with van der Waals surface area (Å²) >= 11 is 0. The van der Waals surface area contributed by atoms with Crippen molar-refractivity contribution in [3.8, 4) is 0 Å². The Bertz CT molecular complexity index is 736. The third-order valence-electron chi connectivity index (χ3n) is 3.91. The number of pyridine rings is 1. The Morgan fingerprint density at radius 2 is 2.13 bits per heavy atom. The van der Waals surface area contributed by atoms with Crippen molar-refractivity contribution in [2.24, 2.45) is 0 Å². The summed E-state index contributed by atoms with van der Waals surface area (Å²) in [5, 5.41) is 9.53. The van der Waals surface area contributed by atoms with E-state index in [9.17, 15) is 14.7 Å². The van der Waals surface area contributed by atoms with Crippen molar-refractivity contribution < 1.29 is 19.1 Å². The summed E-state index contributed by atoms with van der Waals surface area (Å²) in [6.45, 7) is 0.297. The second-order valence-corrected chi connectivity index (χ2v) is 5.59. The number of carboxylic acids is 1. The van der Waals surface area contributed by atoms with E-state index in [2.05, 4.69) is 4.98 Å². The lowest BCUT2D eigenvalue weighted by atomic mass is 9.98. The van der Waals surface area contributed by atoms with Crippen LogP contribution in [0.25, 0.3) is 0 Å². The molecular weight excluding hydrogens is 298 g/mol. The van der Waals surface area contributed by atoms with Gasteiger partial charge in [0.05, 0.1) is 11.8 Å². The fourth-order valence-corrected chi connectivity index (χ4v) is 2.74. The van der Waals surface area contributed by atoms with E-state index in [-0.39, 0.29) is 5.91 Å². The first kappa shape index (κ1) is 15.1. The predicted molar refractivity (Wildman–Crippen MR) is 82.4 cm³/mol. The molecule has 2 aromatic rings. The third kappa shape index (κ3) is 2.65. The van der Waals surface area contributed by atoms with Gasteiger partial charge in [-0.2, -0.15) is 0 Å². The minimum absolute atomic E-state index is 0.297. The molecule has 0 bridgehead atoms. The average Bonchev–Trinajstić information content (AvgIpc) is 3.01. The number of furan rings is 1. The van der Waals surface area contributed by atoms with Gasteiger partial charge in [-0.15, -0.1) is 0 Å². The number of aromatic nitrogens is 1. The lowest BCUT2D eigenvalue weighted by Gasteiger charge is -2.32. The molecule has 120 valence electrons.